The van der Waals surface area contributed by atoms with E-state index in [-0.39, 0.29) is 11.2 Å². The fourth-order valence-electron chi connectivity index (χ4n) is 3.82. The van der Waals surface area contributed by atoms with Gasteiger partial charge in [0.05, 0.1) is 11.2 Å². The summed E-state index contributed by atoms with van der Waals surface area (Å²) in [4.78, 5) is 0. The molecule has 20 heavy (non-hydrogen) atoms. The highest BCUT2D eigenvalue weighted by molar-refractivity contribution is 5.15. The average Bonchev–Trinajstić information content (AvgIpc) is 2.47. The van der Waals surface area contributed by atoms with Crippen LogP contribution in [0.1, 0.15) is 51.0 Å². The van der Waals surface area contributed by atoms with Crippen molar-refractivity contribution in [1.82, 2.24) is 5.32 Å². The molecular weight excluding hydrogens is 246 g/mol. The van der Waals surface area contributed by atoms with Crippen LogP contribution in [0.4, 0.5) is 0 Å². The molecule has 1 saturated heterocycles. The van der Waals surface area contributed by atoms with Crippen molar-refractivity contribution in [2.75, 3.05) is 13.1 Å². The number of rotatable bonds is 3. The predicted molar refractivity (Wildman–Crippen MR) is 82.9 cm³/mol. The van der Waals surface area contributed by atoms with Gasteiger partial charge in [-0.05, 0) is 38.2 Å². The lowest BCUT2D eigenvalue weighted by atomic mass is 9.81. The standard InChI is InChI=1S/C18H27NO/c1-17(13-10-16-8-4-2-5-9-16)14-19-15-18(20-17)11-6-3-7-12-18/h2,4-5,8-9,19H,3,6-7,10-15H2,1H3. The van der Waals surface area contributed by atoms with Crippen molar-refractivity contribution < 1.29 is 4.74 Å². The smallest absolute Gasteiger partial charge is 0.0814 e. The lowest BCUT2D eigenvalue weighted by molar-refractivity contribution is -0.185. The van der Waals surface area contributed by atoms with Gasteiger partial charge in [0.15, 0.2) is 0 Å². The van der Waals surface area contributed by atoms with E-state index in [1.165, 1.54) is 37.7 Å². The second kappa shape index (κ2) is 5.87. The third-order valence-corrected chi connectivity index (χ3v) is 4.96. The molecule has 0 aromatic heterocycles. The van der Waals surface area contributed by atoms with Crippen molar-refractivity contribution in [3.8, 4) is 0 Å². The summed E-state index contributed by atoms with van der Waals surface area (Å²) >= 11 is 0. The first-order valence-electron chi connectivity index (χ1n) is 8.15. The topological polar surface area (TPSA) is 21.3 Å². The van der Waals surface area contributed by atoms with E-state index in [0.717, 1.165) is 25.9 Å². The summed E-state index contributed by atoms with van der Waals surface area (Å²) in [6.45, 7) is 4.33. The van der Waals surface area contributed by atoms with Crippen LogP contribution < -0.4 is 5.32 Å². The second-order valence-electron chi connectivity index (χ2n) is 6.88. The molecule has 2 heteroatoms. The molecule has 1 aromatic rings. The van der Waals surface area contributed by atoms with Gasteiger partial charge in [-0.25, -0.2) is 0 Å². The Morgan fingerprint density at radius 3 is 2.55 bits per heavy atom. The minimum Gasteiger partial charge on any atom is -0.366 e. The molecule has 3 rings (SSSR count). The van der Waals surface area contributed by atoms with Gasteiger partial charge in [-0.2, -0.15) is 0 Å². The zero-order chi connectivity index (χ0) is 13.9. The van der Waals surface area contributed by atoms with E-state index in [4.69, 9.17) is 4.74 Å². The normalized spacial score (nSPS) is 29.4. The van der Waals surface area contributed by atoms with E-state index in [1.807, 2.05) is 0 Å². The van der Waals surface area contributed by atoms with Crippen LogP contribution in [0.25, 0.3) is 0 Å². The fourth-order valence-corrected chi connectivity index (χ4v) is 3.82. The molecule has 1 unspecified atom stereocenters. The zero-order valence-corrected chi connectivity index (χ0v) is 12.7. The summed E-state index contributed by atoms with van der Waals surface area (Å²) in [5.74, 6) is 0. The fraction of sp³-hybridized carbons (Fsp3) is 0.667. The first kappa shape index (κ1) is 14.1. The summed E-state index contributed by atoms with van der Waals surface area (Å²) in [5, 5.41) is 3.65. The maximum atomic E-state index is 6.66. The van der Waals surface area contributed by atoms with Gasteiger partial charge in [-0.15, -0.1) is 0 Å². The van der Waals surface area contributed by atoms with Crippen LogP contribution in [-0.4, -0.2) is 24.3 Å². The summed E-state index contributed by atoms with van der Waals surface area (Å²) in [6.07, 6.45) is 8.72. The van der Waals surface area contributed by atoms with Crippen molar-refractivity contribution in [3.05, 3.63) is 35.9 Å². The number of benzene rings is 1. The van der Waals surface area contributed by atoms with Gasteiger partial charge in [0.25, 0.3) is 0 Å². The van der Waals surface area contributed by atoms with Crippen molar-refractivity contribution in [2.24, 2.45) is 0 Å². The number of hydrogen-bond acceptors (Lipinski definition) is 2. The van der Waals surface area contributed by atoms with Gasteiger partial charge in [-0.3, -0.25) is 0 Å². The van der Waals surface area contributed by atoms with Crippen molar-refractivity contribution >= 4 is 0 Å². The Morgan fingerprint density at radius 2 is 1.80 bits per heavy atom. The Hall–Kier alpha value is -0.860. The molecule has 0 amide bonds. The highest BCUT2D eigenvalue weighted by Gasteiger charge is 2.43. The predicted octanol–water partition coefficient (Wildman–Crippen LogP) is 3.70. The third-order valence-electron chi connectivity index (χ3n) is 4.96. The number of nitrogens with one attached hydrogen (secondary N) is 1. The monoisotopic (exact) mass is 273 g/mol. The summed E-state index contributed by atoms with van der Waals surface area (Å²) in [5.41, 5.74) is 1.54. The molecule has 1 spiro atoms. The first-order valence-corrected chi connectivity index (χ1v) is 8.15. The van der Waals surface area contributed by atoms with E-state index in [1.54, 1.807) is 0 Å². The number of morpholine rings is 1. The maximum absolute atomic E-state index is 6.66. The molecule has 0 radical (unpaired) electrons. The van der Waals surface area contributed by atoms with Crippen molar-refractivity contribution in [3.63, 3.8) is 0 Å². The highest BCUT2D eigenvalue weighted by Crippen LogP contribution is 2.38. The summed E-state index contributed by atoms with van der Waals surface area (Å²) in [6, 6.07) is 10.8. The van der Waals surface area contributed by atoms with Crippen LogP contribution in [0, 0.1) is 0 Å². The lowest BCUT2D eigenvalue weighted by Gasteiger charge is -2.49. The molecule has 1 aliphatic carbocycles. The molecule has 1 heterocycles. The van der Waals surface area contributed by atoms with Gasteiger partial charge in [0.1, 0.15) is 0 Å². The molecule has 2 nitrogen and oxygen atoms in total. The van der Waals surface area contributed by atoms with E-state index < -0.39 is 0 Å². The van der Waals surface area contributed by atoms with Crippen LogP contribution in [0.15, 0.2) is 30.3 Å². The van der Waals surface area contributed by atoms with E-state index in [0.29, 0.717) is 0 Å². The minimum absolute atomic E-state index is 0.00850. The molecule has 1 N–H and O–H groups in total. The van der Waals surface area contributed by atoms with Gasteiger partial charge in [0, 0.05) is 13.1 Å². The molecule has 1 saturated carbocycles. The molecule has 1 aliphatic heterocycles. The molecule has 2 aliphatic rings. The maximum Gasteiger partial charge on any atom is 0.0814 e. The average molecular weight is 273 g/mol. The third kappa shape index (κ3) is 3.24. The number of hydrogen-bond donors (Lipinski definition) is 1. The van der Waals surface area contributed by atoms with Crippen LogP contribution in [-0.2, 0) is 11.2 Å². The second-order valence-corrected chi connectivity index (χ2v) is 6.88. The summed E-state index contributed by atoms with van der Waals surface area (Å²) in [7, 11) is 0. The molecule has 0 bridgehead atoms. The zero-order valence-electron chi connectivity index (χ0n) is 12.7. The van der Waals surface area contributed by atoms with Crippen LogP contribution in [0.2, 0.25) is 0 Å². The lowest BCUT2D eigenvalue weighted by Crippen LogP contribution is -2.60. The Bertz CT molecular complexity index is 419. The Labute approximate surface area is 122 Å². The van der Waals surface area contributed by atoms with Gasteiger partial charge < -0.3 is 10.1 Å². The first-order chi connectivity index (χ1) is 9.70. The Kier molecular flexibility index (Phi) is 4.13. The molecule has 2 fully saturated rings. The largest absolute Gasteiger partial charge is 0.366 e. The number of ether oxygens (including phenoxy) is 1. The number of aryl methyl sites for hydroxylation is 1. The van der Waals surface area contributed by atoms with Crippen molar-refractivity contribution in [1.29, 1.82) is 0 Å². The molecule has 110 valence electrons. The van der Waals surface area contributed by atoms with E-state index in [9.17, 15) is 0 Å². The summed E-state index contributed by atoms with van der Waals surface area (Å²) < 4.78 is 6.66. The van der Waals surface area contributed by atoms with Gasteiger partial charge in [0.2, 0.25) is 0 Å². The van der Waals surface area contributed by atoms with E-state index >= 15 is 0 Å². The SMILES string of the molecule is CC1(CCc2ccccc2)CNCC2(CCCCC2)O1. The molecular formula is C18H27NO. The molecule has 1 atom stereocenters. The van der Waals surface area contributed by atoms with E-state index in [2.05, 4.69) is 42.6 Å². The Morgan fingerprint density at radius 1 is 1.05 bits per heavy atom. The minimum atomic E-state index is -0.00850. The van der Waals surface area contributed by atoms with Crippen LogP contribution >= 0.6 is 0 Å². The van der Waals surface area contributed by atoms with Crippen LogP contribution in [0.5, 0.6) is 0 Å². The van der Waals surface area contributed by atoms with Crippen molar-refractivity contribution in [2.45, 2.75) is 63.1 Å². The Balaban J connectivity index is 1.62. The van der Waals surface area contributed by atoms with Gasteiger partial charge >= 0.3 is 0 Å². The quantitative estimate of drug-likeness (QED) is 0.906. The highest BCUT2D eigenvalue weighted by atomic mass is 16.5. The van der Waals surface area contributed by atoms with Gasteiger partial charge in [-0.1, -0.05) is 49.6 Å². The van der Waals surface area contributed by atoms with Crippen LogP contribution in [0.3, 0.4) is 0 Å². The molecule has 1 aromatic carbocycles.